The molecule has 0 atom stereocenters. The Labute approximate surface area is 167 Å². The van der Waals surface area contributed by atoms with E-state index in [1.165, 1.54) is 21.5 Å². The first kappa shape index (κ1) is 23.6. The molecule has 108 valence electrons. The Morgan fingerprint density at radius 2 is 0.909 bits per heavy atom. The van der Waals surface area contributed by atoms with E-state index in [1.54, 1.807) is 0 Å². The van der Waals surface area contributed by atoms with E-state index in [4.69, 9.17) is 0 Å². The first-order valence-electron chi connectivity index (χ1n) is 6.14. The molecule has 4 rings (SSSR count). The van der Waals surface area contributed by atoms with Crippen molar-refractivity contribution in [3.05, 3.63) is 84.9 Å². The standard InChI is InChI=1S/2C9H7.2ClH.Si.Zr/c2*1-2-5-9-7-3-6-8(9)4-1;;;;/h2*1-7H;2*1H;;/q2*-1;;;;+4/p-2. The van der Waals surface area contributed by atoms with Crippen molar-refractivity contribution in [1.82, 2.24) is 0 Å². The van der Waals surface area contributed by atoms with Gasteiger partial charge in [0.25, 0.3) is 0 Å². The molecule has 4 aromatic carbocycles. The molecule has 22 heavy (non-hydrogen) atoms. The summed E-state index contributed by atoms with van der Waals surface area (Å²) in [6.07, 6.45) is 0. The van der Waals surface area contributed by atoms with Gasteiger partial charge in [-0.15, -0.1) is 59.3 Å². The number of halogens is 2. The molecular formula is C18H14Cl2SiZr. The summed E-state index contributed by atoms with van der Waals surface area (Å²) in [6, 6.07) is 29.3. The van der Waals surface area contributed by atoms with E-state index in [1.807, 2.05) is 0 Å². The molecule has 0 bridgehead atoms. The number of benzene rings is 2. The maximum atomic E-state index is 2.12. The summed E-state index contributed by atoms with van der Waals surface area (Å²) in [5.74, 6) is 0. The van der Waals surface area contributed by atoms with Gasteiger partial charge in [0, 0.05) is 11.0 Å². The normalized spacial score (nSPS) is 8.36. The fourth-order valence-electron chi connectivity index (χ4n) is 2.14. The van der Waals surface area contributed by atoms with Gasteiger partial charge in [0.2, 0.25) is 0 Å². The van der Waals surface area contributed by atoms with Crippen molar-refractivity contribution < 1.29 is 51.0 Å². The first-order valence-corrected chi connectivity index (χ1v) is 6.14. The average Bonchev–Trinajstić information content (AvgIpc) is 3.08. The molecule has 0 spiro atoms. The maximum Gasteiger partial charge on any atom is 4.00 e. The third kappa shape index (κ3) is 5.85. The SMILES string of the molecule is [Cl-].[Cl-].[Si].[Zr+4].c1ccc2[cH-]ccc2c1.c1ccc2[cH-]ccc2c1. The minimum atomic E-state index is 0. The van der Waals surface area contributed by atoms with Crippen LogP contribution in [0.1, 0.15) is 0 Å². The summed E-state index contributed by atoms with van der Waals surface area (Å²) in [5, 5.41) is 5.32. The van der Waals surface area contributed by atoms with E-state index < -0.39 is 0 Å². The zero-order valence-corrected chi connectivity index (χ0v) is 16.8. The second-order valence-electron chi connectivity index (χ2n) is 4.31. The number of hydrogen-bond donors (Lipinski definition) is 0. The Morgan fingerprint density at radius 1 is 0.545 bits per heavy atom. The second kappa shape index (κ2) is 11.8. The van der Waals surface area contributed by atoms with Gasteiger partial charge in [-0.25, -0.2) is 0 Å². The molecule has 0 amide bonds. The molecule has 4 aromatic rings. The fraction of sp³-hybridized carbons (Fsp3) is 0. The molecule has 0 fully saturated rings. The van der Waals surface area contributed by atoms with Crippen molar-refractivity contribution in [2.24, 2.45) is 0 Å². The Morgan fingerprint density at radius 3 is 1.27 bits per heavy atom. The molecular weight excluding hydrogens is 406 g/mol. The van der Waals surface area contributed by atoms with Gasteiger partial charge in [0.05, 0.1) is 0 Å². The smallest absolute Gasteiger partial charge is 1.00 e. The third-order valence-electron chi connectivity index (χ3n) is 3.10. The van der Waals surface area contributed by atoms with Gasteiger partial charge in [-0.2, -0.15) is 35.0 Å². The molecule has 0 heterocycles. The number of hydrogen-bond acceptors (Lipinski definition) is 0. The molecule has 0 saturated carbocycles. The summed E-state index contributed by atoms with van der Waals surface area (Å²) in [5.41, 5.74) is 0. The summed E-state index contributed by atoms with van der Waals surface area (Å²) >= 11 is 0. The molecule has 0 aliphatic carbocycles. The molecule has 4 heteroatoms. The predicted octanol–water partition coefficient (Wildman–Crippen LogP) is -1.26. The van der Waals surface area contributed by atoms with Crippen LogP contribution in [-0.2, 0) is 26.2 Å². The van der Waals surface area contributed by atoms with Gasteiger partial charge in [0.1, 0.15) is 0 Å². The molecule has 0 aliphatic heterocycles. The minimum Gasteiger partial charge on any atom is -1.00 e. The van der Waals surface area contributed by atoms with Crippen LogP contribution in [0.25, 0.3) is 21.5 Å². The van der Waals surface area contributed by atoms with Gasteiger partial charge in [-0.1, -0.05) is 12.1 Å². The van der Waals surface area contributed by atoms with E-state index >= 15 is 0 Å². The molecule has 0 nitrogen and oxygen atoms in total. The first-order chi connectivity index (χ1) is 8.93. The molecule has 0 aliphatic rings. The van der Waals surface area contributed by atoms with Crippen molar-refractivity contribution in [1.29, 1.82) is 0 Å². The van der Waals surface area contributed by atoms with Gasteiger partial charge < -0.3 is 24.8 Å². The molecule has 0 N–H and O–H groups in total. The summed E-state index contributed by atoms with van der Waals surface area (Å²) in [7, 11) is 0. The van der Waals surface area contributed by atoms with Crippen LogP contribution in [0.3, 0.4) is 0 Å². The Bertz CT molecular complexity index is 635. The zero-order valence-electron chi connectivity index (χ0n) is 11.8. The number of fused-ring (bicyclic) bond motifs is 2. The van der Waals surface area contributed by atoms with E-state index in [0.29, 0.717) is 0 Å². The minimum absolute atomic E-state index is 0. The molecule has 4 radical (unpaired) electrons. The number of rotatable bonds is 0. The van der Waals surface area contributed by atoms with Crippen molar-refractivity contribution in [3.8, 4) is 0 Å². The van der Waals surface area contributed by atoms with Crippen LogP contribution in [0.15, 0.2) is 84.9 Å². The Hall–Kier alpha value is -0.660. The Balaban J connectivity index is 0. The fourth-order valence-corrected chi connectivity index (χ4v) is 2.14. The second-order valence-corrected chi connectivity index (χ2v) is 4.31. The zero-order chi connectivity index (χ0) is 12.2. The van der Waals surface area contributed by atoms with Crippen LogP contribution >= 0.6 is 0 Å². The molecule has 0 saturated heterocycles. The van der Waals surface area contributed by atoms with E-state index in [-0.39, 0.29) is 62.0 Å². The van der Waals surface area contributed by atoms with Crippen molar-refractivity contribution in [3.63, 3.8) is 0 Å². The van der Waals surface area contributed by atoms with Crippen LogP contribution < -0.4 is 24.8 Å². The topological polar surface area (TPSA) is 0 Å². The van der Waals surface area contributed by atoms with Crippen molar-refractivity contribution >= 4 is 32.5 Å². The maximum absolute atomic E-state index is 2.12. The van der Waals surface area contributed by atoms with Crippen LogP contribution in [0.5, 0.6) is 0 Å². The van der Waals surface area contributed by atoms with E-state index in [0.717, 1.165) is 0 Å². The van der Waals surface area contributed by atoms with Crippen molar-refractivity contribution in [2.45, 2.75) is 0 Å². The van der Waals surface area contributed by atoms with Crippen molar-refractivity contribution in [2.75, 3.05) is 0 Å². The van der Waals surface area contributed by atoms with Crippen LogP contribution in [0.4, 0.5) is 0 Å². The predicted molar refractivity (Wildman–Crippen MR) is 84.8 cm³/mol. The molecule has 0 unspecified atom stereocenters. The largest absolute Gasteiger partial charge is 4.00 e. The monoisotopic (exact) mass is 418 g/mol. The summed E-state index contributed by atoms with van der Waals surface area (Å²) < 4.78 is 0. The van der Waals surface area contributed by atoms with E-state index in [9.17, 15) is 0 Å². The van der Waals surface area contributed by atoms with Crippen LogP contribution in [0, 0.1) is 0 Å². The van der Waals surface area contributed by atoms with Gasteiger partial charge >= 0.3 is 26.2 Å². The quantitative estimate of drug-likeness (QED) is 0.246. The van der Waals surface area contributed by atoms with Gasteiger partial charge in [-0.3, -0.25) is 0 Å². The van der Waals surface area contributed by atoms with Crippen LogP contribution in [0.2, 0.25) is 0 Å². The third-order valence-corrected chi connectivity index (χ3v) is 3.10. The Kier molecular flexibility index (Phi) is 12.7. The van der Waals surface area contributed by atoms with Gasteiger partial charge in [-0.05, 0) is 0 Å². The average molecular weight is 421 g/mol. The van der Waals surface area contributed by atoms with Gasteiger partial charge in [0.15, 0.2) is 0 Å². The summed E-state index contributed by atoms with van der Waals surface area (Å²) in [4.78, 5) is 0. The van der Waals surface area contributed by atoms with Crippen LogP contribution in [-0.4, -0.2) is 11.0 Å². The summed E-state index contributed by atoms with van der Waals surface area (Å²) in [6.45, 7) is 0. The van der Waals surface area contributed by atoms with E-state index in [2.05, 4.69) is 84.9 Å². The molecule has 0 aromatic heterocycles.